The normalized spacial score (nSPS) is 18.9. The maximum atomic E-state index is 6.03. The third kappa shape index (κ3) is 2.23. The lowest BCUT2D eigenvalue weighted by atomic mass is 10.1. The zero-order valence-electron chi connectivity index (χ0n) is 11.1. The molecule has 5 nitrogen and oxygen atoms in total. The van der Waals surface area contributed by atoms with E-state index in [2.05, 4.69) is 38.7 Å². The summed E-state index contributed by atoms with van der Waals surface area (Å²) in [5.74, 6) is 0.627. The molecule has 0 amide bonds. The molecule has 0 radical (unpaired) electrons. The lowest BCUT2D eigenvalue weighted by Crippen LogP contribution is -2.35. The van der Waals surface area contributed by atoms with Gasteiger partial charge in [-0.1, -0.05) is 6.07 Å². The Hall–Kier alpha value is -1.82. The number of aliphatic imine (C=N–C) groups is 1. The molecule has 100 valence electrons. The van der Waals surface area contributed by atoms with Crippen LogP contribution in [0.3, 0.4) is 0 Å². The fraction of sp³-hybridized carbons (Fsp3) is 0.385. The number of aryl methyl sites for hydroxylation is 2. The van der Waals surface area contributed by atoms with E-state index in [1.54, 1.807) is 11.3 Å². The van der Waals surface area contributed by atoms with Crippen molar-refractivity contribution in [2.45, 2.75) is 19.5 Å². The highest BCUT2D eigenvalue weighted by atomic mass is 32.1. The monoisotopic (exact) mass is 275 g/mol. The number of hydrogen-bond acceptors (Lipinski definition) is 5. The molecule has 1 unspecified atom stereocenters. The Bertz CT molecular complexity index is 599. The molecule has 19 heavy (non-hydrogen) atoms. The quantitative estimate of drug-likeness (QED) is 0.927. The van der Waals surface area contributed by atoms with E-state index >= 15 is 0 Å². The fourth-order valence-electron chi connectivity index (χ4n) is 2.50. The summed E-state index contributed by atoms with van der Waals surface area (Å²) in [6.07, 6.45) is 2.07. The molecular formula is C13H17N5S. The third-order valence-electron chi connectivity index (χ3n) is 3.41. The van der Waals surface area contributed by atoms with E-state index in [1.807, 2.05) is 18.7 Å². The predicted octanol–water partition coefficient (Wildman–Crippen LogP) is 1.66. The molecule has 3 heterocycles. The predicted molar refractivity (Wildman–Crippen MR) is 77.0 cm³/mol. The summed E-state index contributed by atoms with van der Waals surface area (Å²) < 4.78 is 1.85. The van der Waals surface area contributed by atoms with Gasteiger partial charge >= 0.3 is 0 Å². The van der Waals surface area contributed by atoms with Gasteiger partial charge in [-0.2, -0.15) is 5.10 Å². The molecule has 2 aromatic rings. The van der Waals surface area contributed by atoms with Crippen molar-refractivity contribution in [3.63, 3.8) is 0 Å². The lowest BCUT2D eigenvalue weighted by molar-refractivity contribution is 0.342. The van der Waals surface area contributed by atoms with Crippen molar-refractivity contribution in [1.29, 1.82) is 0 Å². The van der Waals surface area contributed by atoms with Crippen molar-refractivity contribution < 1.29 is 0 Å². The number of guanidine groups is 1. The zero-order valence-corrected chi connectivity index (χ0v) is 11.9. The first-order valence-corrected chi connectivity index (χ1v) is 7.12. The summed E-state index contributed by atoms with van der Waals surface area (Å²) in [5, 5.41) is 6.50. The van der Waals surface area contributed by atoms with E-state index in [9.17, 15) is 0 Å². The highest BCUT2D eigenvalue weighted by molar-refractivity contribution is 7.09. The number of nitrogens with zero attached hydrogens (tertiary/aromatic N) is 4. The first-order valence-electron chi connectivity index (χ1n) is 6.24. The summed E-state index contributed by atoms with van der Waals surface area (Å²) >= 11 is 1.75. The molecule has 1 atom stereocenters. The van der Waals surface area contributed by atoms with Gasteiger partial charge in [-0.05, 0) is 18.4 Å². The first-order chi connectivity index (χ1) is 9.15. The molecule has 0 aromatic carbocycles. The molecular weight excluding hydrogens is 258 g/mol. The van der Waals surface area contributed by atoms with Crippen LogP contribution in [0.2, 0.25) is 0 Å². The van der Waals surface area contributed by atoms with Gasteiger partial charge in [0.2, 0.25) is 0 Å². The number of aromatic nitrogens is 2. The van der Waals surface area contributed by atoms with Gasteiger partial charge in [-0.3, -0.25) is 9.67 Å². The van der Waals surface area contributed by atoms with Gasteiger partial charge in [0.15, 0.2) is 5.96 Å². The fourth-order valence-corrected chi connectivity index (χ4v) is 3.20. The second-order valence-corrected chi connectivity index (χ2v) is 5.80. The average Bonchev–Trinajstić information content (AvgIpc) is 3.05. The summed E-state index contributed by atoms with van der Waals surface area (Å²) in [7, 11) is 1.94. The minimum Gasteiger partial charge on any atom is -0.370 e. The van der Waals surface area contributed by atoms with Crippen molar-refractivity contribution in [2.75, 3.05) is 6.54 Å². The zero-order chi connectivity index (χ0) is 13.4. The van der Waals surface area contributed by atoms with Crippen molar-refractivity contribution >= 4 is 17.3 Å². The second-order valence-electron chi connectivity index (χ2n) is 4.77. The van der Waals surface area contributed by atoms with E-state index in [1.165, 1.54) is 10.4 Å². The van der Waals surface area contributed by atoms with Crippen LogP contribution in [0.15, 0.2) is 28.7 Å². The molecule has 2 aromatic heterocycles. The molecule has 0 aliphatic carbocycles. The molecule has 0 bridgehead atoms. The Morgan fingerprint density at radius 1 is 1.53 bits per heavy atom. The topological polar surface area (TPSA) is 59.4 Å². The molecule has 1 aliphatic heterocycles. The van der Waals surface area contributed by atoms with Crippen LogP contribution in [0, 0.1) is 6.92 Å². The van der Waals surface area contributed by atoms with Crippen LogP contribution in [-0.4, -0.2) is 27.2 Å². The molecule has 3 rings (SSSR count). The van der Waals surface area contributed by atoms with Crippen LogP contribution in [0.1, 0.15) is 22.2 Å². The van der Waals surface area contributed by atoms with Crippen molar-refractivity contribution in [2.24, 2.45) is 17.8 Å². The number of nitrogens with two attached hydrogens (primary N) is 1. The third-order valence-corrected chi connectivity index (χ3v) is 4.27. The van der Waals surface area contributed by atoms with Gasteiger partial charge < -0.3 is 10.6 Å². The van der Waals surface area contributed by atoms with Crippen molar-refractivity contribution in [3.8, 4) is 0 Å². The number of hydrogen-bond donors (Lipinski definition) is 1. The molecule has 0 saturated carbocycles. The van der Waals surface area contributed by atoms with E-state index in [0.29, 0.717) is 12.5 Å². The first kappa shape index (κ1) is 12.2. The van der Waals surface area contributed by atoms with Crippen LogP contribution in [0.25, 0.3) is 0 Å². The Morgan fingerprint density at radius 3 is 3.00 bits per heavy atom. The largest absolute Gasteiger partial charge is 0.370 e. The molecule has 0 spiro atoms. The highest BCUT2D eigenvalue weighted by Gasteiger charge is 2.30. The van der Waals surface area contributed by atoms with Crippen LogP contribution in [0.4, 0.5) is 0 Å². The van der Waals surface area contributed by atoms with Gasteiger partial charge in [-0.15, -0.1) is 11.3 Å². The van der Waals surface area contributed by atoms with E-state index in [-0.39, 0.29) is 6.04 Å². The number of rotatable bonds is 3. The van der Waals surface area contributed by atoms with Gasteiger partial charge in [0.05, 0.1) is 24.8 Å². The number of thiophene rings is 1. The standard InChI is InChI=1S/C13H17N5S/c1-9-11(8-17(2)16-9)12-6-15-13(14)18(12)7-10-4-3-5-19-10/h3-5,8,12H,6-7H2,1-2H3,(H2,14,15). The second kappa shape index (κ2) is 4.70. The van der Waals surface area contributed by atoms with Crippen molar-refractivity contribution in [3.05, 3.63) is 39.8 Å². The average molecular weight is 275 g/mol. The molecule has 2 N–H and O–H groups in total. The summed E-state index contributed by atoms with van der Waals surface area (Å²) in [5.41, 5.74) is 8.29. The molecule has 1 aliphatic rings. The lowest BCUT2D eigenvalue weighted by Gasteiger charge is -2.25. The van der Waals surface area contributed by atoms with Gasteiger partial charge in [0.25, 0.3) is 0 Å². The Balaban J connectivity index is 1.87. The van der Waals surface area contributed by atoms with Crippen LogP contribution >= 0.6 is 11.3 Å². The van der Waals surface area contributed by atoms with Crippen LogP contribution in [-0.2, 0) is 13.6 Å². The minimum absolute atomic E-state index is 0.204. The maximum Gasteiger partial charge on any atom is 0.192 e. The van der Waals surface area contributed by atoms with E-state index in [0.717, 1.165) is 12.2 Å². The highest BCUT2D eigenvalue weighted by Crippen LogP contribution is 2.29. The Morgan fingerprint density at radius 2 is 2.37 bits per heavy atom. The summed E-state index contributed by atoms with van der Waals surface area (Å²) in [6, 6.07) is 4.40. The van der Waals surface area contributed by atoms with Crippen molar-refractivity contribution in [1.82, 2.24) is 14.7 Å². The Labute approximate surface area is 116 Å². The molecule has 0 fully saturated rings. The van der Waals surface area contributed by atoms with E-state index in [4.69, 9.17) is 5.73 Å². The van der Waals surface area contributed by atoms with Crippen LogP contribution < -0.4 is 5.73 Å². The maximum absolute atomic E-state index is 6.03. The van der Waals surface area contributed by atoms with Gasteiger partial charge in [0, 0.05) is 23.7 Å². The molecule has 6 heteroatoms. The van der Waals surface area contributed by atoms with E-state index < -0.39 is 0 Å². The molecule has 0 saturated heterocycles. The summed E-state index contributed by atoms with van der Waals surface area (Å²) in [4.78, 5) is 7.85. The smallest absolute Gasteiger partial charge is 0.192 e. The SMILES string of the molecule is Cc1nn(C)cc1C1CN=C(N)N1Cc1cccs1. The minimum atomic E-state index is 0.204. The van der Waals surface area contributed by atoms with Gasteiger partial charge in [0.1, 0.15) is 0 Å². The Kier molecular flexibility index (Phi) is 3.02. The van der Waals surface area contributed by atoms with Crippen LogP contribution in [0.5, 0.6) is 0 Å². The van der Waals surface area contributed by atoms with Gasteiger partial charge in [-0.25, -0.2) is 0 Å². The summed E-state index contributed by atoms with van der Waals surface area (Å²) in [6.45, 7) is 3.56.